The van der Waals surface area contributed by atoms with Crippen LogP contribution < -0.4 is 10.1 Å². The second kappa shape index (κ2) is 8.93. The van der Waals surface area contributed by atoms with Crippen molar-refractivity contribution in [2.75, 3.05) is 0 Å². The highest BCUT2D eigenvalue weighted by molar-refractivity contribution is 6.31. The van der Waals surface area contributed by atoms with Crippen molar-refractivity contribution in [2.24, 2.45) is 0 Å². The monoisotopic (exact) mass is 397 g/mol. The Morgan fingerprint density at radius 1 is 1.21 bits per heavy atom. The molecule has 5 nitrogen and oxygen atoms in total. The van der Waals surface area contributed by atoms with E-state index in [-0.39, 0.29) is 5.91 Å². The molecule has 0 saturated carbocycles. The predicted octanol–water partition coefficient (Wildman–Crippen LogP) is 4.68. The molecule has 146 valence electrons. The highest BCUT2D eigenvalue weighted by Gasteiger charge is 2.11. The van der Waals surface area contributed by atoms with Gasteiger partial charge in [0.05, 0.1) is 23.5 Å². The van der Waals surface area contributed by atoms with Gasteiger partial charge in [-0.25, -0.2) is 0 Å². The zero-order valence-corrected chi connectivity index (χ0v) is 17.1. The fourth-order valence-corrected chi connectivity index (χ4v) is 3.14. The van der Waals surface area contributed by atoms with E-state index in [9.17, 15) is 4.79 Å². The highest BCUT2D eigenvalue weighted by Crippen LogP contribution is 2.21. The number of rotatable bonds is 7. The minimum absolute atomic E-state index is 0.159. The van der Waals surface area contributed by atoms with Crippen molar-refractivity contribution in [3.63, 3.8) is 0 Å². The Bertz CT molecular complexity index is 982. The maximum absolute atomic E-state index is 12.6. The molecule has 0 unspecified atom stereocenters. The average Bonchev–Trinajstić information content (AvgIpc) is 3.06. The van der Waals surface area contributed by atoms with Gasteiger partial charge in [-0.2, -0.15) is 5.10 Å². The van der Waals surface area contributed by atoms with Crippen molar-refractivity contribution in [2.45, 2.75) is 40.5 Å². The third-order valence-electron chi connectivity index (χ3n) is 4.54. The molecule has 1 aromatic heterocycles. The van der Waals surface area contributed by atoms with Crippen molar-refractivity contribution >= 4 is 17.5 Å². The van der Waals surface area contributed by atoms with E-state index in [1.54, 1.807) is 16.9 Å². The van der Waals surface area contributed by atoms with Crippen molar-refractivity contribution in [1.29, 1.82) is 0 Å². The summed E-state index contributed by atoms with van der Waals surface area (Å²) < 4.78 is 7.72. The van der Waals surface area contributed by atoms with Crippen LogP contribution in [-0.2, 0) is 19.7 Å². The molecule has 0 atom stereocenters. The van der Waals surface area contributed by atoms with Crippen LogP contribution in [0.25, 0.3) is 0 Å². The third-order valence-corrected chi connectivity index (χ3v) is 4.86. The quantitative estimate of drug-likeness (QED) is 0.629. The molecular formula is C22H24ClN3O2. The molecular weight excluding hydrogens is 374 g/mol. The number of hydrogen-bond donors (Lipinski definition) is 1. The third kappa shape index (κ3) is 4.73. The van der Waals surface area contributed by atoms with E-state index >= 15 is 0 Å². The zero-order chi connectivity index (χ0) is 20.1. The lowest BCUT2D eigenvalue weighted by Gasteiger charge is -2.11. The smallest absolute Gasteiger partial charge is 0.251 e. The number of aromatic nitrogens is 2. The molecule has 2 aromatic carbocycles. The number of ether oxygens (including phenoxy) is 1. The molecule has 0 saturated heterocycles. The summed E-state index contributed by atoms with van der Waals surface area (Å²) in [5.74, 6) is 0.700. The van der Waals surface area contributed by atoms with E-state index in [1.807, 2.05) is 51.1 Å². The van der Waals surface area contributed by atoms with Crippen LogP contribution in [0.3, 0.4) is 0 Å². The first-order valence-electron chi connectivity index (χ1n) is 9.25. The molecule has 1 N–H and O–H groups in total. The maximum atomic E-state index is 12.6. The normalized spacial score (nSPS) is 10.7. The largest absolute Gasteiger partial charge is 0.489 e. The molecule has 0 aliphatic rings. The van der Waals surface area contributed by atoms with Gasteiger partial charge in [0.25, 0.3) is 5.91 Å². The summed E-state index contributed by atoms with van der Waals surface area (Å²) in [5, 5.41) is 7.65. The van der Waals surface area contributed by atoms with E-state index < -0.39 is 0 Å². The summed E-state index contributed by atoms with van der Waals surface area (Å²) in [4.78, 5) is 12.6. The summed E-state index contributed by atoms with van der Waals surface area (Å²) in [5.41, 5.74) is 4.56. The fraction of sp³-hybridized carbons (Fsp3) is 0.273. The molecule has 0 aliphatic heterocycles. The van der Waals surface area contributed by atoms with E-state index in [1.165, 1.54) is 0 Å². The van der Waals surface area contributed by atoms with Crippen molar-refractivity contribution in [3.8, 4) is 5.75 Å². The molecule has 3 aromatic rings. The Balaban J connectivity index is 1.64. The number of carbonyl (C=O) groups excluding carboxylic acids is 1. The number of amides is 1. The van der Waals surface area contributed by atoms with Gasteiger partial charge in [0.1, 0.15) is 12.4 Å². The van der Waals surface area contributed by atoms with Crippen LogP contribution in [0, 0.1) is 13.8 Å². The van der Waals surface area contributed by atoms with Crippen LogP contribution in [0.1, 0.15) is 39.7 Å². The molecule has 1 heterocycles. The van der Waals surface area contributed by atoms with E-state index in [0.29, 0.717) is 30.3 Å². The van der Waals surface area contributed by atoms with E-state index in [0.717, 1.165) is 28.1 Å². The summed E-state index contributed by atoms with van der Waals surface area (Å²) in [6.45, 7) is 7.46. The van der Waals surface area contributed by atoms with Gasteiger partial charge in [-0.15, -0.1) is 0 Å². The van der Waals surface area contributed by atoms with Crippen molar-refractivity contribution in [1.82, 2.24) is 15.1 Å². The van der Waals surface area contributed by atoms with E-state index in [2.05, 4.69) is 16.5 Å². The standard InChI is InChI=1S/C22H24ClN3O2/c1-4-26-20(19(23)12-25-26)13-24-22(27)18-7-5-6-17(11-18)14-28-21-10-15(2)8-9-16(21)3/h5-12H,4,13-14H2,1-3H3,(H,24,27). The predicted molar refractivity (Wildman–Crippen MR) is 111 cm³/mol. The van der Waals surface area contributed by atoms with Gasteiger partial charge < -0.3 is 10.1 Å². The molecule has 0 spiro atoms. The SMILES string of the molecule is CCn1ncc(Cl)c1CNC(=O)c1cccc(COc2cc(C)ccc2C)c1. The summed E-state index contributed by atoms with van der Waals surface area (Å²) >= 11 is 6.15. The Labute approximate surface area is 170 Å². The number of halogens is 1. The van der Waals surface area contributed by atoms with Crippen molar-refractivity contribution < 1.29 is 9.53 Å². The summed E-state index contributed by atoms with van der Waals surface area (Å²) in [7, 11) is 0. The number of aryl methyl sites for hydroxylation is 3. The fourth-order valence-electron chi connectivity index (χ4n) is 2.93. The number of nitrogens with one attached hydrogen (secondary N) is 1. The second-order valence-corrected chi connectivity index (χ2v) is 7.10. The Hall–Kier alpha value is -2.79. The van der Waals surface area contributed by atoms with Crippen LogP contribution in [0.5, 0.6) is 5.75 Å². The van der Waals surface area contributed by atoms with Crippen LogP contribution in [0.4, 0.5) is 0 Å². The zero-order valence-electron chi connectivity index (χ0n) is 16.3. The molecule has 6 heteroatoms. The molecule has 0 aliphatic carbocycles. The first-order valence-corrected chi connectivity index (χ1v) is 9.63. The number of hydrogen-bond acceptors (Lipinski definition) is 3. The number of nitrogens with zero attached hydrogens (tertiary/aromatic N) is 2. The second-order valence-electron chi connectivity index (χ2n) is 6.70. The maximum Gasteiger partial charge on any atom is 0.251 e. The number of benzene rings is 2. The molecule has 1 amide bonds. The molecule has 0 fully saturated rings. The van der Waals surface area contributed by atoms with Gasteiger partial charge in [0.15, 0.2) is 0 Å². The van der Waals surface area contributed by atoms with Crippen molar-refractivity contribution in [3.05, 3.63) is 81.6 Å². The van der Waals surface area contributed by atoms with Gasteiger partial charge in [-0.1, -0.05) is 35.9 Å². The lowest BCUT2D eigenvalue weighted by atomic mass is 10.1. The lowest BCUT2D eigenvalue weighted by Crippen LogP contribution is -2.24. The summed E-state index contributed by atoms with van der Waals surface area (Å²) in [6.07, 6.45) is 1.60. The first kappa shape index (κ1) is 20.0. The molecule has 3 rings (SSSR count). The number of carbonyl (C=O) groups is 1. The Morgan fingerprint density at radius 3 is 2.82 bits per heavy atom. The summed E-state index contributed by atoms with van der Waals surface area (Å²) in [6, 6.07) is 13.6. The van der Waals surface area contributed by atoms with Gasteiger partial charge in [-0.3, -0.25) is 9.48 Å². The van der Waals surface area contributed by atoms with Gasteiger partial charge in [0.2, 0.25) is 0 Å². The lowest BCUT2D eigenvalue weighted by molar-refractivity contribution is 0.0949. The Kier molecular flexibility index (Phi) is 6.37. The first-order chi connectivity index (χ1) is 13.5. The minimum atomic E-state index is -0.159. The molecule has 0 bridgehead atoms. The average molecular weight is 398 g/mol. The van der Waals surface area contributed by atoms with Crippen LogP contribution in [-0.4, -0.2) is 15.7 Å². The van der Waals surface area contributed by atoms with Gasteiger partial charge >= 0.3 is 0 Å². The van der Waals surface area contributed by atoms with Crippen LogP contribution >= 0.6 is 11.6 Å². The molecule has 28 heavy (non-hydrogen) atoms. The Morgan fingerprint density at radius 2 is 2.04 bits per heavy atom. The highest BCUT2D eigenvalue weighted by atomic mass is 35.5. The van der Waals surface area contributed by atoms with E-state index in [4.69, 9.17) is 16.3 Å². The van der Waals surface area contributed by atoms with Crippen LogP contribution in [0.2, 0.25) is 5.02 Å². The van der Waals surface area contributed by atoms with Gasteiger partial charge in [0, 0.05) is 12.1 Å². The minimum Gasteiger partial charge on any atom is -0.489 e. The molecule has 0 radical (unpaired) electrons. The topological polar surface area (TPSA) is 56.2 Å². The van der Waals surface area contributed by atoms with Gasteiger partial charge in [-0.05, 0) is 55.7 Å². The van der Waals surface area contributed by atoms with Crippen LogP contribution in [0.15, 0.2) is 48.7 Å².